The lowest BCUT2D eigenvalue weighted by atomic mass is 9.73. The Hall–Kier alpha value is -2.77. The predicted octanol–water partition coefficient (Wildman–Crippen LogP) is 3.36. The lowest BCUT2D eigenvalue weighted by molar-refractivity contribution is -0.195. The zero-order chi connectivity index (χ0) is 26.1. The number of hydrogen-bond donors (Lipinski definition) is 0. The second-order valence-electron chi connectivity index (χ2n) is 7.90. The monoisotopic (exact) mass is 609 g/mol. The molecule has 1 aromatic rings. The van der Waals surface area contributed by atoms with Crippen molar-refractivity contribution >= 4 is 40.3 Å². The van der Waals surface area contributed by atoms with Crippen molar-refractivity contribution < 1.29 is 46.5 Å². The van der Waals surface area contributed by atoms with Crippen LogP contribution in [0.1, 0.15) is 18.9 Å². The Kier molecular flexibility index (Phi) is 7.72. The molecule has 190 valence electrons. The molecule has 1 aromatic carbocycles. The number of allylic oxidation sites excluding steroid dienone is 1. The zero-order valence-corrected chi connectivity index (χ0v) is 21.5. The van der Waals surface area contributed by atoms with Crippen LogP contribution < -0.4 is 9.47 Å². The molecule has 12 heteroatoms. The molecule has 1 aliphatic heterocycles. The van der Waals surface area contributed by atoms with E-state index in [1.807, 2.05) is 22.6 Å². The Balaban J connectivity index is 2.24. The minimum atomic E-state index is -5.17. The first-order valence-electron chi connectivity index (χ1n) is 10.4. The molecule has 35 heavy (non-hydrogen) atoms. The van der Waals surface area contributed by atoms with Crippen LogP contribution in [0, 0.1) is 3.57 Å². The van der Waals surface area contributed by atoms with E-state index < -0.39 is 35.5 Å². The van der Waals surface area contributed by atoms with Crippen LogP contribution in [0.2, 0.25) is 0 Å². The molecule has 2 aliphatic rings. The van der Waals surface area contributed by atoms with Gasteiger partial charge in [0.15, 0.2) is 22.9 Å². The number of carbonyl (C=O) groups excluding carboxylic acids is 3. The number of benzene rings is 1. The number of hydrogen-bond acceptors (Lipinski definition) is 7. The van der Waals surface area contributed by atoms with Gasteiger partial charge in [0.1, 0.15) is 0 Å². The molecular weight excluding hydrogens is 586 g/mol. The first-order valence-corrected chi connectivity index (χ1v) is 11.5. The molecule has 2 unspecified atom stereocenters. The van der Waals surface area contributed by atoms with E-state index in [-0.39, 0.29) is 30.7 Å². The third-order valence-electron chi connectivity index (χ3n) is 5.89. The quantitative estimate of drug-likeness (QED) is 0.361. The summed E-state index contributed by atoms with van der Waals surface area (Å²) in [5.74, 6) is -2.86. The summed E-state index contributed by atoms with van der Waals surface area (Å²) >= 11 is 1.99. The standard InChI is InChI=1S/C23H23F3INO7/c1-12(29)35-22-11-19(34-4)16(30)9-14(22)5-6-28(21(31)23(24,25)26)20(22)8-13-7-17(32-2)18(33-3)10-15(13)27/h7,9-11,20H,5-6,8H2,1-4H3. The van der Waals surface area contributed by atoms with Gasteiger partial charge in [-0.2, -0.15) is 13.2 Å². The lowest BCUT2D eigenvalue weighted by Gasteiger charge is -2.50. The molecule has 8 nitrogen and oxygen atoms in total. The van der Waals surface area contributed by atoms with Crippen molar-refractivity contribution in [1.29, 1.82) is 0 Å². The average molecular weight is 609 g/mol. The van der Waals surface area contributed by atoms with Crippen LogP contribution in [0.5, 0.6) is 11.5 Å². The summed E-state index contributed by atoms with van der Waals surface area (Å²) < 4.78 is 62.8. The van der Waals surface area contributed by atoms with Gasteiger partial charge in [0.25, 0.3) is 0 Å². The van der Waals surface area contributed by atoms with Crippen molar-refractivity contribution in [2.75, 3.05) is 27.9 Å². The van der Waals surface area contributed by atoms with Crippen LogP contribution in [-0.4, -0.2) is 68.3 Å². The van der Waals surface area contributed by atoms with Crippen molar-refractivity contribution in [1.82, 2.24) is 4.90 Å². The Morgan fingerprint density at radius 3 is 2.31 bits per heavy atom. The van der Waals surface area contributed by atoms with Gasteiger partial charge in [-0.1, -0.05) is 0 Å². The van der Waals surface area contributed by atoms with Crippen molar-refractivity contribution in [3.05, 3.63) is 44.8 Å². The number of nitrogens with zero attached hydrogens (tertiary/aromatic N) is 1. The Morgan fingerprint density at radius 2 is 1.77 bits per heavy atom. The largest absolute Gasteiger partial charge is 0.493 e. The number of piperidine rings is 1. The minimum absolute atomic E-state index is 0.103. The topological polar surface area (TPSA) is 91.4 Å². The second kappa shape index (κ2) is 10.1. The number of ketones is 1. The molecule has 0 N–H and O–H groups in total. The summed E-state index contributed by atoms with van der Waals surface area (Å²) in [4.78, 5) is 37.8. The first kappa shape index (κ1) is 26.8. The van der Waals surface area contributed by atoms with E-state index in [4.69, 9.17) is 18.9 Å². The normalized spacial score (nSPS) is 22.0. The summed E-state index contributed by atoms with van der Waals surface area (Å²) in [6.07, 6.45) is -3.04. The van der Waals surface area contributed by atoms with Crippen molar-refractivity contribution in [3.63, 3.8) is 0 Å². The number of ether oxygens (including phenoxy) is 4. The van der Waals surface area contributed by atoms with Crippen molar-refractivity contribution in [3.8, 4) is 11.5 Å². The molecule has 1 fully saturated rings. The van der Waals surface area contributed by atoms with Crippen LogP contribution in [0.4, 0.5) is 13.2 Å². The van der Waals surface area contributed by atoms with Gasteiger partial charge < -0.3 is 23.8 Å². The summed E-state index contributed by atoms with van der Waals surface area (Å²) in [7, 11) is 4.08. The molecule has 0 aromatic heterocycles. The highest BCUT2D eigenvalue weighted by atomic mass is 127. The molecule has 1 aliphatic carbocycles. The molecule has 1 saturated heterocycles. The van der Waals surface area contributed by atoms with E-state index >= 15 is 0 Å². The Morgan fingerprint density at radius 1 is 1.14 bits per heavy atom. The van der Waals surface area contributed by atoms with Crippen LogP contribution >= 0.6 is 22.6 Å². The molecule has 1 amide bonds. The van der Waals surface area contributed by atoms with Gasteiger partial charge in [0.2, 0.25) is 5.78 Å². The third-order valence-corrected chi connectivity index (χ3v) is 6.89. The number of carbonyl (C=O) groups is 3. The number of esters is 1. The smallest absolute Gasteiger partial charge is 0.471 e. The van der Waals surface area contributed by atoms with Crippen molar-refractivity contribution in [2.24, 2.45) is 0 Å². The summed E-state index contributed by atoms with van der Waals surface area (Å²) in [6.45, 7) is 0.774. The van der Waals surface area contributed by atoms with Gasteiger partial charge >= 0.3 is 18.1 Å². The maximum Gasteiger partial charge on any atom is 0.471 e. The van der Waals surface area contributed by atoms with E-state index in [1.165, 1.54) is 33.5 Å². The predicted molar refractivity (Wildman–Crippen MR) is 125 cm³/mol. The van der Waals surface area contributed by atoms with Crippen molar-refractivity contribution in [2.45, 2.75) is 37.6 Å². The minimum Gasteiger partial charge on any atom is -0.493 e. The lowest BCUT2D eigenvalue weighted by Crippen LogP contribution is -2.64. The number of amides is 1. The second-order valence-corrected chi connectivity index (χ2v) is 9.06. The summed E-state index contributed by atoms with van der Waals surface area (Å²) in [5.41, 5.74) is -1.05. The fourth-order valence-electron chi connectivity index (χ4n) is 4.40. The van der Waals surface area contributed by atoms with E-state index in [2.05, 4.69) is 0 Å². The molecule has 3 rings (SSSR count). The van der Waals surface area contributed by atoms with Gasteiger partial charge in [0.05, 0.1) is 27.4 Å². The fourth-order valence-corrected chi connectivity index (χ4v) is 5.05. The SMILES string of the molecule is COC1=CC2(OC(C)=O)C(=CC1=O)CCN(C(=O)C(F)(F)F)C2Cc1cc(OC)c(OC)cc1I. The number of fused-ring (bicyclic) bond motifs is 1. The van der Waals surface area contributed by atoms with E-state index in [0.29, 0.717) is 25.5 Å². The van der Waals surface area contributed by atoms with Gasteiger partial charge in [-0.15, -0.1) is 0 Å². The highest BCUT2D eigenvalue weighted by Crippen LogP contribution is 2.44. The van der Waals surface area contributed by atoms with E-state index in [1.54, 1.807) is 12.1 Å². The molecule has 2 atom stereocenters. The first-order chi connectivity index (χ1) is 16.4. The van der Waals surface area contributed by atoms with Crippen LogP contribution in [0.25, 0.3) is 0 Å². The van der Waals surface area contributed by atoms with Crippen LogP contribution in [-0.2, 0) is 30.3 Å². The van der Waals surface area contributed by atoms with Gasteiger partial charge in [-0.3, -0.25) is 14.4 Å². The third kappa shape index (κ3) is 5.11. The van der Waals surface area contributed by atoms with E-state index in [9.17, 15) is 27.6 Å². The molecule has 0 bridgehead atoms. The summed E-state index contributed by atoms with van der Waals surface area (Å²) in [5, 5.41) is 0. The number of likely N-dealkylation sites (tertiary alicyclic amines) is 1. The molecule has 0 spiro atoms. The molecule has 0 saturated carbocycles. The zero-order valence-electron chi connectivity index (χ0n) is 19.3. The van der Waals surface area contributed by atoms with Gasteiger partial charge in [-0.25, -0.2) is 0 Å². The maximum atomic E-state index is 13.6. The highest BCUT2D eigenvalue weighted by Gasteiger charge is 2.57. The molecule has 1 heterocycles. The maximum absolute atomic E-state index is 13.6. The average Bonchev–Trinajstić information content (AvgIpc) is 2.79. The molecular formula is C23H23F3INO7. The number of alkyl halides is 3. The van der Waals surface area contributed by atoms with Gasteiger partial charge in [0, 0.05) is 23.1 Å². The van der Waals surface area contributed by atoms with Gasteiger partial charge in [-0.05, 0) is 64.8 Å². The highest BCUT2D eigenvalue weighted by molar-refractivity contribution is 14.1. The number of rotatable bonds is 6. The summed E-state index contributed by atoms with van der Waals surface area (Å²) in [6, 6.07) is 1.89. The molecule has 0 radical (unpaired) electrons. The number of methoxy groups -OCH3 is 3. The van der Waals surface area contributed by atoms with Crippen LogP contribution in [0.3, 0.4) is 0 Å². The fraction of sp³-hybridized carbons (Fsp3) is 0.435. The Labute approximate surface area is 213 Å². The number of halogens is 4. The Bertz CT molecular complexity index is 1120. The van der Waals surface area contributed by atoms with Crippen LogP contribution in [0.15, 0.2) is 35.6 Å². The van der Waals surface area contributed by atoms with E-state index in [0.717, 1.165) is 6.92 Å².